The highest BCUT2D eigenvalue weighted by atomic mass is 19.1. The molecule has 2 aliphatic rings. The van der Waals surface area contributed by atoms with Crippen molar-refractivity contribution in [2.75, 3.05) is 19.6 Å². The molecule has 2 fully saturated rings. The summed E-state index contributed by atoms with van der Waals surface area (Å²) in [5.74, 6) is 0.207. The minimum Gasteiger partial charge on any atom is -0.316 e. The van der Waals surface area contributed by atoms with E-state index in [-0.39, 0.29) is 12.0 Å². The second-order valence-corrected chi connectivity index (χ2v) is 4.84. The van der Waals surface area contributed by atoms with E-state index in [1.165, 1.54) is 12.8 Å². The molecule has 82 valence electrons. The fourth-order valence-electron chi connectivity index (χ4n) is 2.75. The summed E-state index contributed by atoms with van der Waals surface area (Å²) in [4.78, 5) is 0. The molecule has 2 saturated heterocycles. The normalized spacial score (nSPS) is 38.1. The van der Waals surface area contributed by atoms with Gasteiger partial charge in [-0.05, 0) is 39.3 Å². The number of alkyl halides is 1. The van der Waals surface area contributed by atoms with Gasteiger partial charge in [-0.1, -0.05) is 6.42 Å². The van der Waals surface area contributed by atoms with E-state index in [4.69, 9.17) is 0 Å². The summed E-state index contributed by atoms with van der Waals surface area (Å²) in [6.07, 6.45) is 4.38. The molecule has 0 amide bonds. The van der Waals surface area contributed by atoms with Crippen molar-refractivity contribution in [2.24, 2.45) is 5.92 Å². The molecule has 0 bridgehead atoms. The van der Waals surface area contributed by atoms with Crippen LogP contribution in [0.3, 0.4) is 0 Å². The predicted octanol–water partition coefficient (Wildman–Crippen LogP) is 1.47. The second kappa shape index (κ2) is 4.15. The fraction of sp³-hybridized carbons (Fsp3) is 1.00. The highest BCUT2D eigenvalue weighted by Crippen LogP contribution is 2.33. The fourth-order valence-corrected chi connectivity index (χ4v) is 2.75. The SMILES string of the molecule is CC(F)(C1CCNC1)C1CCCCN1. The van der Waals surface area contributed by atoms with Crippen LogP contribution in [0.1, 0.15) is 32.6 Å². The van der Waals surface area contributed by atoms with Crippen LogP contribution in [0.15, 0.2) is 0 Å². The number of hydrogen-bond acceptors (Lipinski definition) is 2. The molecular weight excluding hydrogens is 179 g/mol. The highest BCUT2D eigenvalue weighted by Gasteiger charge is 2.43. The summed E-state index contributed by atoms with van der Waals surface area (Å²) in [6.45, 7) is 4.61. The van der Waals surface area contributed by atoms with Crippen LogP contribution in [-0.4, -0.2) is 31.3 Å². The zero-order valence-corrected chi connectivity index (χ0v) is 8.98. The van der Waals surface area contributed by atoms with Crippen molar-refractivity contribution in [2.45, 2.75) is 44.3 Å². The number of rotatable bonds is 2. The quantitative estimate of drug-likeness (QED) is 0.705. The molecule has 2 nitrogen and oxygen atoms in total. The summed E-state index contributed by atoms with van der Waals surface area (Å²) in [6, 6.07) is 0.0844. The minimum absolute atomic E-state index is 0.0844. The van der Waals surface area contributed by atoms with E-state index in [9.17, 15) is 4.39 Å². The summed E-state index contributed by atoms with van der Waals surface area (Å²) in [5.41, 5.74) is -1.02. The van der Waals surface area contributed by atoms with Gasteiger partial charge in [0.2, 0.25) is 0 Å². The third kappa shape index (κ3) is 1.94. The first-order valence-electron chi connectivity index (χ1n) is 5.84. The van der Waals surface area contributed by atoms with Crippen molar-refractivity contribution in [1.29, 1.82) is 0 Å². The molecule has 0 saturated carbocycles. The van der Waals surface area contributed by atoms with Gasteiger partial charge in [0.15, 0.2) is 0 Å². The van der Waals surface area contributed by atoms with Gasteiger partial charge in [-0.15, -0.1) is 0 Å². The van der Waals surface area contributed by atoms with Gasteiger partial charge in [0, 0.05) is 18.5 Å². The molecule has 2 N–H and O–H groups in total. The molecule has 2 rings (SSSR count). The standard InChI is InChI=1S/C11H21FN2/c1-11(12,9-5-7-13-8-9)10-4-2-3-6-14-10/h9-10,13-14H,2-8H2,1H3. The topological polar surface area (TPSA) is 24.1 Å². The average molecular weight is 200 g/mol. The second-order valence-electron chi connectivity index (χ2n) is 4.84. The molecule has 0 radical (unpaired) electrons. The van der Waals surface area contributed by atoms with Gasteiger partial charge in [0.1, 0.15) is 5.67 Å². The van der Waals surface area contributed by atoms with Crippen LogP contribution in [0, 0.1) is 5.92 Å². The van der Waals surface area contributed by atoms with Gasteiger partial charge in [-0.3, -0.25) is 0 Å². The van der Waals surface area contributed by atoms with E-state index in [1.54, 1.807) is 6.92 Å². The molecule has 0 aromatic heterocycles. The molecule has 0 aromatic rings. The lowest BCUT2D eigenvalue weighted by Gasteiger charge is -2.38. The van der Waals surface area contributed by atoms with E-state index < -0.39 is 5.67 Å². The van der Waals surface area contributed by atoms with Crippen LogP contribution in [0.2, 0.25) is 0 Å². The number of halogens is 1. The van der Waals surface area contributed by atoms with Gasteiger partial charge < -0.3 is 10.6 Å². The third-order valence-electron chi connectivity index (χ3n) is 3.85. The van der Waals surface area contributed by atoms with Crippen LogP contribution in [0.5, 0.6) is 0 Å². The molecule has 3 heteroatoms. The number of hydrogen-bond donors (Lipinski definition) is 2. The Labute approximate surface area is 85.6 Å². The maximum atomic E-state index is 14.6. The summed E-state index contributed by atoms with van der Waals surface area (Å²) in [5, 5.41) is 6.58. The first-order valence-corrected chi connectivity index (χ1v) is 5.84. The lowest BCUT2D eigenvalue weighted by Crippen LogP contribution is -2.52. The van der Waals surface area contributed by atoms with Crippen LogP contribution >= 0.6 is 0 Å². The number of piperidine rings is 1. The molecule has 0 aliphatic carbocycles. The Kier molecular flexibility index (Phi) is 3.07. The lowest BCUT2D eigenvalue weighted by molar-refractivity contribution is 0.0518. The van der Waals surface area contributed by atoms with Crippen molar-refractivity contribution in [3.05, 3.63) is 0 Å². The molecule has 2 aliphatic heterocycles. The smallest absolute Gasteiger partial charge is 0.127 e. The highest BCUT2D eigenvalue weighted by molar-refractivity contribution is 4.98. The van der Waals surface area contributed by atoms with E-state index >= 15 is 0 Å². The Morgan fingerprint density at radius 3 is 2.64 bits per heavy atom. The van der Waals surface area contributed by atoms with Crippen molar-refractivity contribution < 1.29 is 4.39 Å². The first kappa shape index (κ1) is 10.4. The van der Waals surface area contributed by atoms with Crippen LogP contribution in [0.4, 0.5) is 4.39 Å². The largest absolute Gasteiger partial charge is 0.316 e. The third-order valence-corrected chi connectivity index (χ3v) is 3.85. The Balaban J connectivity index is 1.97. The van der Waals surface area contributed by atoms with Gasteiger partial charge in [0.05, 0.1) is 0 Å². The monoisotopic (exact) mass is 200 g/mol. The van der Waals surface area contributed by atoms with Crippen molar-refractivity contribution in [1.82, 2.24) is 10.6 Å². The Morgan fingerprint density at radius 2 is 2.07 bits per heavy atom. The summed E-state index contributed by atoms with van der Waals surface area (Å²) >= 11 is 0. The van der Waals surface area contributed by atoms with Gasteiger partial charge in [-0.2, -0.15) is 0 Å². The Hall–Kier alpha value is -0.150. The molecule has 3 atom stereocenters. The molecule has 0 aromatic carbocycles. The van der Waals surface area contributed by atoms with Crippen LogP contribution < -0.4 is 10.6 Å². The lowest BCUT2D eigenvalue weighted by atomic mass is 9.80. The molecule has 2 heterocycles. The van der Waals surface area contributed by atoms with Gasteiger partial charge >= 0.3 is 0 Å². The van der Waals surface area contributed by atoms with E-state index in [2.05, 4.69) is 10.6 Å². The van der Waals surface area contributed by atoms with Crippen molar-refractivity contribution in [3.8, 4) is 0 Å². The van der Waals surface area contributed by atoms with Crippen molar-refractivity contribution >= 4 is 0 Å². The van der Waals surface area contributed by atoms with E-state index in [0.717, 1.165) is 32.5 Å². The zero-order valence-electron chi connectivity index (χ0n) is 8.98. The van der Waals surface area contributed by atoms with E-state index in [0.29, 0.717) is 0 Å². The van der Waals surface area contributed by atoms with Crippen LogP contribution in [-0.2, 0) is 0 Å². The molecule has 0 spiro atoms. The number of nitrogens with one attached hydrogen (secondary N) is 2. The van der Waals surface area contributed by atoms with Crippen LogP contribution in [0.25, 0.3) is 0 Å². The van der Waals surface area contributed by atoms with Gasteiger partial charge in [0.25, 0.3) is 0 Å². The molecular formula is C11H21FN2. The minimum atomic E-state index is -1.02. The zero-order chi connectivity index (χ0) is 10.0. The first-order chi connectivity index (χ1) is 6.71. The summed E-state index contributed by atoms with van der Waals surface area (Å²) in [7, 11) is 0. The van der Waals surface area contributed by atoms with Crippen molar-refractivity contribution in [3.63, 3.8) is 0 Å². The predicted molar refractivity (Wildman–Crippen MR) is 56.1 cm³/mol. The van der Waals surface area contributed by atoms with E-state index in [1.807, 2.05) is 0 Å². The maximum absolute atomic E-state index is 14.6. The summed E-state index contributed by atoms with van der Waals surface area (Å²) < 4.78 is 14.6. The Bertz CT molecular complexity index is 182. The molecule has 14 heavy (non-hydrogen) atoms. The maximum Gasteiger partial charge on any atom is 0.127 e. The molecule has 3 unspecified atom stereocenters. The Morgan fingerprint density at radius 1 is 1.21 bits per heavy atom. The average Bonchev–Trinajstić information content (AvgIpc) is 2.72. The van der Waals surface area contributed by atoms with Gasteiger partial charge in [-0.25, -0.2) is 4.39 Å².